The van der Waals surface area contributed by atoms with Crippen molar-refractivity contribution in [1.82, 2.24) is 4.57 Å². The molecule has 0 saturated carbocycles. The van der Waals surface area contributed by atoms with Crippen molar-refractivity contribution in [2.45, 2.75) is 6.92 Å². The topological polar surface area (TPSA) is 4.93 Å². The van der Waals surface area contributed by atoms with Crippen LogP contribution >= 0.6 is 12.2 Å². The van der Waals surface area contributed by atoms with E-state index < -0.39 is 0 Å². The molecule has 2 heteroatoms. The Morgan fingerprint density at radius 1 is 0.682 bits per heavy atom. The summed E-state index contributed by atoms with van der Waals surface area (Å²) in [6, 6.07) is 25.3. The number of pyridine rings is 1. The monoisotopic (exact) mass is 301 g/mol. The highest BCUT2D eigenvalue weighted by molar-refractivity contribution is 7.72. The zero-order valence-corrected chi connectivity index (χ0v) is 13.1. The summed E-state index contributed by atoms with van der Waals surface area (Å²) in [5.41, 5.74) is 4.72. The molecule has 1 nitrogen and oxygen atoms in total. The van der Waals surface area contributed by atoms with E-state index in [4.69, 9.17) is 12.2 Å². The van der Waals surface area contributed by atoms with Crippen molar-refractivity contribution in [3.8, 4) is 5.69 Å². The lowest BCUT2D eigenvalue weighted by molar-refractivity contribution is 1.16. The summed E-state index contributed by atoms with van der Waals surface area (Å²) in [5.74, 6) is 0. The van der Waals surface area contributed by atoms with Crippen molar-refractivity contribution in [3.05, 3.63) is 82.9 Å². The second kappa shape index (κ2) is 5.08. The first-order valence-corrected chi connectivity index (χ1v) is 7.76. The van der Waals surface area contributed by atoms with E-state index in [0.717, 1.165) is 32.0 Å². The molecule has 0 N–H and O–H groups in total. The van der Waals surface area contributed by atoms with Crippen molar-refractivity contribution in [2.24, 2.45) is 0 Å². The maximum Gasteiger partial charge on any atom is 0.0563 e. The Kier molecular flexibility index (Phi) is 3.05. The molecule has 0 aliphatic carbocycles. The number of aryl methyl sites for hydroxylation is 1. The maximum atomic E-state index is 5.71. The van der Waals surface area contributed by atoms with Gasteiger partial charge in [0.1, 0.15) is 0 Å². The minimum Gasteiger partial charge on any atom is -0.309 e. The zero-order chi connectivity index (χ0) is 15.1. The van der Waals surface area contributed by atoms with Crippen molar-refractivity contribution < 1.29 is 0 Å². The normalized spacial score (nSPS) is 11.1. The predicted molar refractivity (Wildman–Crippen MR) is 96.4 cm³/mol. The first-order valence-electron chi connectivity index (χ1n) is 7.35. The van der Waals surface area contributed by atoms with Crippen LogP contribution in [0, 0.1) is 11.4 Å². The van der Waals surface area contributed by atoms with Gasteiger partial charge < -0.3 is 4.57 Å². The Balaban J connectivity index is 2.25. The highest BCUT2D eigenvalue weighted by atomic mass is 32.1. The molecule has 0 aliphatic rings. The average molecular weight is 301 g/mol. The molecular weight excluding hydrogens is 286 g/mol. The van der Waals surface area contributed by atoms with E-state index in [2.05, 4.69) is 72.2 Å². The van der Waals surface area contributed by atoms with Crippen LogP contribution in [0.25, 0.3) is 27.5 Å². The molecule has 0 aliphatic heterocycles. The molecule has 0 fully saturated rings. The molecule has 106 valence electrons. The summed E-state index contributed by atoms with van der Waals surface area (Å²) in [6.45, 7) is 2.11. The van der Waals surface area contributed by atoms with E-state index in [-0.39, 0.29) is 0 Å². The van der Waals surface area contributed by atoms with E-state index in [1.165, 1.54) is 5.56 Å². The number of para-hydroxylation sites is 2. The molecule has 1 aromatic heterocycles. The lowest BCUT2D eigenvalue weighted by Gasteiger charge is -2.16. The maximum absolute atomic E-state index is 5.71. The smallest absolute Gasteiger partial charge is 0.0563 e. The van der Waals surface area contributed by atoms with E-state index in [0.29, 0.717) is 0 Å². The summed E-state index contributed by atoms with van der Waals surface area (Å²) >= 11 is 5.71. The van der Waals surface area contributed by atoms with Crippen LogP contribution in [0.2, 0.25) is 0 Å². The van der Waals surface area contributed by atoms with Gasteiger partial charge in [-0.1, -0.05) is 66.3 Å². The van der Waals surface area contributed by atoms with Crippen LogP contribution in [0.4, 0.5) is 0 Å². The molecule has 0 bridgehead atoms. The van der Waals surface area contributed by atoms with Crippen LogP contribution in [-0.4, -0.2) is 4.57 Å². The van der Waals surface area contributed by atoms with E-state index in [9.17, 15) is 0 Å². The van der Waals surface area contributed by atoms with Gasteiger partial charge in [0.05, 0.1) is 15.5 Å². The van der Waals surface area contributed by atoms with Gasteiger partial charge >= 0.3 is 0 Å². The van der Waals surface area contributed by atoms with Crippen LogP contribution in [-0.2, 0) is 0 Å². The molecule has 0 spiro atoms. The number of hydrogen-bond acceptors (Lipinski definition) is 1. The first-order chi connectivity index (χ1) is 10.8. The van der Waals surface area contributed by atoms with Crippen molar-refractivity contribution in [1.29, 1.82) is 0 Å². The number of fused-ring (bicyclic) bond motifs is 2. The Hall–Kier alpha value is -2.45. The summed E-state index contributed by atoms with van der Waals surface area (Å²) in [5, 5.41) is 2.24. The third-order valence-corrected chi connectivity index (χ3v) is 4.51. The fourth-order valence-corrected chi connectivity index (χ4v) is 3.31. The fourth-order valence-electron chi connectivity index (χ4n) is 2.97. The summed E-state index contributed by atoms with van der Waals surface area (Å²) < 4.78 is 3.22. The van der Waals surface area contributed by atoms with Crippen LogP contribution in [0.3, 0.4) is 0 Å². The summed E-state index contributed by atoms with van der Waals surface area (Å²) in [6.07, 6.45) is 0. The van der Waals surface area contributed by atoms with Crippen molar-refractivity contribution >= 4 is 34.0 Å². The van der Waals surface area contributed by atoms with E-state index in [1.807, 2.05) is 12.1 Å². The Bertz CT molecular complexity index is 983. The quantitative estimate of drug-likeness (QED) is 0.317. The number of rotatable bonds is 1. The third-order valence-electron chi connectivity index (χ3n) is 4.07. The summed E-state index contributed by atoms with van der Waals surface area (Å²) in [7, 11) is 0. The van der Waals surface area contributed by atoms with Crippen LogP contribution in [0.5, 0.6) is 0 Å². The van der Waals surface area contributed by atoms with Gasteiger partial charge in [0, 0.05) is 16.5 Å². The molecule has 0 atom stereocenters. The number of hydrogen-bond donors (Lipinski definition) is 0. The first kappa shape index (κ1) is 13.2. The molecule has 4 aromatic rings. The van der Waals surface area contributed by atoms with Gasteiger partial charge in [-0.2, -0.15) is 0 Å². The predicted octanol–water partition coefficient (Wildman–Crippen LogP) is 5.82. The largest absolute Gasteiger partial charge is 0.309 e. The number of benzene rings is 3. The van der Waals surface area contributed by atoms with Gasteiger partial charge in [-0.05, 0) is 31.2 Å². The minimum atomic E-state index is 0.926. The Labute approximate surface area is 134 Å². The van der Waals surface area contributed by atoms with Gasteiger partial charge in [-0.3, -0.25) is 0 Å². The van der Waals surface area contributed by atoms with Crippen molar-refractivity contribution in [3.63, 3.8) is 0 Å². The standard InChI is InChI=1S/C20H15NS/c1-14-10-12-15(13-11-14)21-18-8-4-2-6-16(18)20(22)17-7-3-5-9-19(17)21/h2-13H,1H3. The lowest BCUT2D eigenvalue weighted by Crippen LogP contribution is -2.00. The SMILES string of the molecule is Cc1ccc(-n2c3ccccc3c(=S)c3ccccc32)cc1. The highest BCUT2D eigenvalue weighted by Gasteiger charge is 2.09. The van der Waals surface area contributed by atoms with Gasteiger partial charge in [-0.15, -0.1) is 0 Å². The van der Waals surface area contributed by atoms with Gasteiger partial charge in [-0.25, -0.2) is 0 Å². The minimum absolute atomic E-state index is 0.926. The third kappa shape index (κ3) is 1.96. The van der Waals surface area contributed by atoms with Gasteiger partial charge in [0.15, 0.2) is 0 Å². The van der Waals surface area contributed by atoms with Crippen LogP contribution in [0.1, 0.15) is 5.56 Å². The number of nitrogens with zero attached hydrogens (tertiary/aromatic N) is 1. The molecule has 1 heterocycles. The van der Waals surface area contributed by atoms with E-state index in [1.54, 1.807) is 0 Å². The lowest BCUT2D eigenvalue weighted by atomic mass is 10.1. The highest BCUT2D eigenvalue weighted by Crippen LogP contribution is 2.28. The molecule has 4 rings (SSSR count). The second-order valence-electron chi connectivity index (χ2n) is 5.53. The van der Waals surface area contributed by atoms with Gasteiger partial charge in [0.2, 0.25) is 0 Å². The molecular formula is C20H15NS. The Morgan fingerprint density at radius 2 is 1.18 bits per heavy atom. The van der Waals surface area contributed by atoms with E-state index >= 15 is 0 Å². The zero-order valence-electron chi connectivity index (χ0n) is 12.3. The Morgan fingerprint density at radius 3 is 1.73 bits per heavy atom. The van der Waals surface area contributed by atoms with Crippen LogP contribution in [0.15, 0.2) is 72.8 Å². The van der Waals surface area contributed by atoms with Crippen LogP contribution < -0.4 is 0 Å². The molecule has 0 radical (unpaired) electrons. The molecule has 0 unspecified atom stereocenters. The van der Waals surface area contributed by atoms with Crippen molar-refractivity contribution in [2.75, 3.05) is 0 Å². The average Bonchev–Trinajstić information content (AvgIpc) is 2.57. The molecule has 22 heavy (non-hydrogen) atoms. The van der Waals surface area contributed by atoms with Gasteiger partial charge in [0.25, 0.3) is 0 Å². The molecule has 0 saturated heterocycles. The fraction of sp³-hybridized carbons (Fsp3) is 0.0500. The summed E-state index contributed by atoms with van der Waals surface area (Å²) in [4.78, 5) is 0. The number of aromatic nitrogens is 1. The second-order valence-corrected chi connectivity index (χ2v) is 5.94. The molecule has 3 aromatic carbocycles. The molecule has 0 amide bonds.